The van der Waals surface area contributed by atoms with E-state index in [1.54, 1.807) is 0 Å². The summed E-state index contributed by atoms with van der Waals surface area (Å²) in [6.07, 6.45) is 9.75. The molecule has 1 heterocycles. The van der Waals surface area contributed by atoms with Gasteiger partial charge in [0.2, 0.25) is 5.91 Å². The molecule has 5 heteroatoms. The van der Waals surface area contributed by atoms with Crippen LogP contribution in [0.25, 0.3) is 0 Å². The molecular weight excluding hydrogens is 362 g/mol. The monoisotopic (exact) mass is 395 g/mol. The molecule has 5 nitrogen and oxygen atoms in total. The van der Waals surface area contributed by atoms with Gasteiger partial charge in [0.1, 0.15) is 0 Å². The van der Waals surface area contributed by atoms with Crippen molar-refractivity contribution < 1.29 is 9.59 Å². The Hall–Kier alpha value is -2.04. The number of urea groups is 1. The van der Waals surface area contributed by atoms with Crippen molar-refractivity contribution in [3.63, 3.8) is 0 Å². The van der Waals surface area contributed by atoms with Crippen LogP contribution < -0.4 is 10.6 Å². The summed E-state index contributed by atoms with van der Waals surface area (Å²) in [4.78, 5) is 27.2. The van der Waals surface area contributed by atoms with Gasteiger partial charge < -0.3 is 15.5 Å². The normalized spacial score (nSPS) is 33.5. The Kier molecular flexibility index (Phi) is 5.00. The Morgan fingerprint density at radius 2 is 1.52 bits per heavy atom. The molecular formula is C24H33N3O2. The number of benzene rings is 1. The summed E-state index contributed by atoms with van der Waals surface area (Å²) in [5, 5.41) is 6.28. The summed E-state index contributed by atoms with van der Waals surface area (Å²) in [5.74, 6) is 2.80. The zero-order valence-electron chi connectivity index (χ0n) is 17.2. The molecule has 29 heavy (non-hydrogen) atoms. The van der Waals surface area contributed by atoms with Crippen molar-refractivity contribution in [1.29, 1.82) is 0 Å². The molecule has 4 aliphatic carbocycles. The number of amides is 3. The van der Waals surface area contributed by atoms with Gasteiger partial charge in [0.05, 0.1) is 0 Å². The third-order valence-electron chi connectivity index (χ3n) is 7.97. The van der Waals surface area contributed by atoms with E-state index < -0.39 is 0 Å². The molecule has 4 bridgehead atoms. The van der Waals surface area contributed by atoms with E-state index in [0.29, 0.717) is 18.5 Å². The van der Waals surface area contributed by atoms with Gasteiger partial charge in [0.15, 0.2) is 0 Å². The van der Waals surface area contributed by atoms with Gasteiger partial charge in [-0.1, -0.05) is 18.2 Å². The molecule has 156 valence electrons. The maximum atomic E-state index is 12.8. The third kappa shape index (κ3) is 4.01. The number of likely N-dealkylation sites (tertiary alicyclic amines) is 1. The maximum Gasteiger partial charge on any atom is 0.317 e. The molecule has 0 aromatic heterocycles. The number of carbonyl (C=O) groups excluding carboxylic acids is 2. The number of rotatable bonds is 4. The van der Waals surface area contributed by atoms with Crippen LogP contribution in [0, 0.1) is 29.1 Å². The van der Waals surface area contributed by atoms with Crippen LogP contribution in [-0.2, 0) is 4.79 Å². The van der Waals surface area contributed by atoms with Gasteiger partial charge in [-0.15, -0.1) is 0 Å². The van der Waals surface area contributed by atoms with Crippen LogP contribution in [0.2, 0.25) is 0 Å². The lowest BCUT2D eigenvalue weighted by Gasteiger charge is -2.57. The van der Waals surface area contributed by atoms with E-state index in [-0.39, 0.29) is 17.9 Å². The highest BCUT2D eigenvalue weighted by Gasteiger charge is 2.50. The molecule has 1 aromatic carbocycles. The maximum absolute atomic E-state index is 12.8. The molecule has 5 aliphatic rings. The molecule has 0 atom stereocenters. The van der Waals surface area contributed by atoms with E-state index in [1.807, 2.05) is 35.2 Å². The number of carbonyl (C=O) groups is 2. The highest BCUT2D eigenvalue weighted by Crippen LogP contribution is 2.59. The predicted molar refractivity (Wildman–Crippen MR) is 113 cm³/mol. The first kappa shape index (κ1) is 19.0. The second kappa shape index (κ2) is 7.66. The van der Waals surface area contributed by atoms with Gasteiger partial charge in [-0.05, 0) is 86.7 Å². The van der Waals surface area contributed by atoms with Crippen molar-refractivity contribution >= 4 is 17.6 Å². The lowest BCUT2D eigenvalue weighted by Crippen LogP contribution is -2.53. The van der Waals surface area contributed by atoms with Crippen LogP contribution >= 0.6 is 0 Å². The summed E-state index contributed by atoms with van der Waals surface area (Å²) >= 11 is 0. The van der Waals surface area contributed by atoms with E-state index >= 15 is 0 Å². The number of anilines is 1. The number of hydrogen-bond donors (Lipinski definition) is 2. The zero-order chi connectivity index (χ0) is 19.8. The van der Waals surface area contributed by atoms with Crippen LogP contribution in [0.4, 0.5) is 10.5 Å². The second-order valence-corrected chi connectivity index (χ2v) is 10.2. The number of hydrogen-bond acceptors (Lipinski definition) is 2. The lowest BCUT2D eigenvalue weighted by molar-refractivity contribution is -0.121. The SMILES string of the molecule is O=C(Nc1ccccc1)C1CCN(C(=O)NCC23CC4CC(CC(C4)C2)C3)CC1. The van der Waals surface area contributed by atoms with E-state index in [0.717, 1.165) is 42.8 Å². The molecule has 6 rings (SSSR count). The van der Waals surface area contributed by atoms with Crippen molar-refractivity contribution in [3.05, 3.63) is 30.3 Å². The third-order valence-corrected chi connectivity index (χ3v) is 7.97. The molecule has 1 aromatic rings. The fraction of sp³-hybridized carbons (Fsp3) is 0.667. The molecule has 1 aliphatic heterocycles. The molecule has 0 spiro atoms. The quantitative estimate of drug-likeness (QED) is 0.800. The lowest BCUT2D eigenvalue weighted by atomic mass is 9.49. The topological polar surface area (TPSA) is 61.4 Å². The second-order valence-electron chi connectivity index (χ2n) is 10.2. The predicted octanol–water partition coefficient (Wildman–Crippen LogP) is 4.26. The summed E-state index contributed by atoms with van der Waals surface area (Å²) < 4.78 is 0. The Morgan fingerprint density at radius 1 is 0.931 bits per heavy atom. The first-order valence-electron chi connectivity index (χ1n) is 11.5. The smallest absolute Gasteiger partial charge is 0.317 e. The van der Waals surface area contributed by atoms with Gasteiger partial charge in [-0.3, -0.25) is 4.79 Å². The van der Waals surface area contributed by atoms with E-state index in [4.69, 9.17) is 0 Å². The van der Waals surface area contributed by atoms with Gasteiger partial charge in [0, 0.05) is 31.2 Å². The Bertz CT molecular complexity index is 719. The van der Waals surface area contributed by atoms with Crippen LogP contribution in [-0.4, -0.2) is 36.5 Å². The van der Waals surface area contributed by atoms with E-state index in [9.17, 15) is 9.59 Å². The summed E-state index contributed by atoms with van der Waals surface area (Å²) in [6, 6.07) is 9.67. The standard InChI is InChI=1S/C24H33N3O2/c28-22(26-21-4-2-1-3-5-21)20-6-8-27(9-7-20)23(29)25-16-24-13-17-10-18(14-24)12-19(11-17)15-24/h1-5,17-20H,6-16H2,(H,25,29)(H,26,28). The van der Waals surface area contributed by atoms with Crippen LogP contribution in [0.5, 0.6) is 0 Å². The van der Waals surface area contributed by atoms with Crippen LogP contribution in [0.1, 0.15) is 51.4 Å². The molecule has 0 radical (unpaired) electrons. The summed E-state index contributed by atoms with van der Waals surface area (Å²) in [6.45, 7) is 2.18. The minimum atomic E-state index is -0.0117. The van der Waals surface area contributed by atoms with Crippen molar-refractivity contribution in [3.8, 4) is 0 Å². The molecule has 3 amide bonds. The van der Waals surface area contributed by atoms with Gasteiger partial charge >= 0.3 is 6.03 Å². The Morgan fingerprint density at radius 3 is 2.10 bits per heavy atom. The average Bonchev–Trinajstić information content (AvgIpc) is 2.72. The number of piperidine rings is 1. The largest absolute Gasteiger partial charge is 0.337 e. The van der Waals surface area contributed by atoms with Crippen molar-refractivity contribution in [1.82, 2.24) is 10.2 Å². The first-order chi connectivity index (χ1) is 14.1. The average molecular weight is 396 g/mol. The summed E-state index contributed by atoms with van der Waals surface area (Å²) in [7, 11) is 0. The Labute approximate surface area is 173 Å². The first-order valence-corrected chi connectivity index (χ1v) is 11.5. The molecule has 1 saturated heterocycles. The van der Waals surface area contributed by atoms with Crippen molar-refractivity contribution in [2.45, 2.75) is 51.4 Å². The van der Waals surface area contributed by atoms with E-state index in [1.165, 1.54) is 38.5 Å². The fourth-order valence-corrected chi connectivity index (χ4v) is 6.99. The molecule has 0 unspecified atom stereocenters. The zero-order valence-corrected chi connectivity index (χ0v) is 17.2. The summed E-state index contributed by atoms with van der Waals surface area (Å²) in [5.41, 5.74) is 1.21. The van der Waals surface area contributed by atoms with Crippen molar-refractivity contribution in [2.75, 3.05) is 25.0 Å². The number of nitrogens with one attached hydrogen (secondary N) is 2. The van der Waals surface area contributed by atoms with Crippen LogP contribution in [0.15, 0.2) is 30.3 Å². The highest BCUT2D eigenvalue weighted by molar-refractivity contribution is 5.92. The minimum Gasteiger partial charge on any atom is -0.337 e. The molecule has 2 N–H and O–H groups in total. The number of para-hydroxylation sites is 1. The number of nitrogens with zero attached hydrogens (tertiary/aromatic N) is 1. The highest BCUT2D eigenvalue weighted by atomic mass is 16.2. The molecule has 4 saturated carbocycles. The molecule has 5 fully saturated rings. The van der Waals surface area contributed by atoms with Gasteiger partial charge in [0.25, 0.3) is 0 Å². The van der Waals surface area contributed by atoms with Gasteiger partial charge in [-0.25, -0.2) is 4.79 Å². The van der Waals surface area contributed by atoms with Crippen molar-refractivity contribution in [2.24, 2.45) is 29.1 Å². The van der Waals surface area contributed by atoms with Crippen LogP contribution in [0.3, 0.4) is 0 Å². The fourth-order valence-electron chi connectivity index (χ4n) is 6.99. The minimum absolute atomic E-state index is 0.0117. The van der Waals surface area contributed by atoms with Gasteiger partial charge in [-0.2, -0.15) is 0 Å². The van der Waals surface area contributed by atoms with E-state index in [2.05, 4.69) is 10.6 Å². The Balaban J connectivity index is 1.09.